The lowest BCUT2D eigenvalue weighted by molar-refractivity contribution is 0.0823. The van der Waals surface area contributed by atoms with Crippen LogP contribution in [-0.2, 0) is 16.8 Å². The molecule has 0 saturated carbocycles. The molecule has 28 heavy (non-hydrogen) atoms. The zero-order chi connectivity index (χ0) is 20.1. The number of ether oxygens (including phenoxy) is 2. The summed E-state index contributed by atoms with van der Waals surface area (Å²) in [5.74, 6) is 0.180. The molecule has 0 amide bonds. The van der Waals surface area contributed by atoms with Gasteiger partial charge in [0.05, 0.1) is 13.2 Å². The minimum atomic E-state index is -0.440. The molecule has 2 nitrogen and oxygen atoms in total. The summed E-state index contributed by atoms with van der Waals surface area (Å²) >= 11 is 11.9. The fourth-order valence-corrected chi connectivity index (χ4v) is 3.09. The Morgan fingerprint density at radius 2 is 1.64 bits per heavy atom. The molecule has 0 heterocycles. The summed E-state index contributed by atoms with van der Waals surface area (Å²) in [6, 6.07) is 19.3. The van der Waals surface area contributed by atoms with Crippen molar-refractivity contribution in [2.45, 2.75) is 25.9 Å². The van der Waals surface area contributed by atoms with Gasteiger partial charge in [0.15, 0.2) is 11.6 Å². The highest BCUT2D eigenvalue weighted by Crippen LogP contribution is 2.29. The Balaban J connectivity index is 1.64. The Morgan fingerprint density at radius 3 is 2.36 bits per heavy atom. The summed E-state index contributed by atoms with van der Waals surface area (Å²) in [5.41, 5.74) is 1.79. The van der Waals surface area contributed by atoms with Crippen LogP contribution in [0.1, 0.15) is 25.0 Å². The summed E-state index contributed by atoms with van der Waals surface area (Å²) < 4.78 is 25.6. The number of hydrogen-bond donors (Lipinski definition) is 0. The minimum Gasteiger partial charge on any atom is -0.454 e. The van der Waals surface area contributed by atoms with Crippen molar-refractivity contribution in [3.8, 4) is 11.5 Å². The molecule has 5 heteroatoms. The monoisotopic (exact) mass is 418 g/mol. The average Bonchev–Trinajstić information content (AvgIpc) is 2.65. The van der Waals surface area contributed by atoms with Crippen LogP contribution in [0.5, 0.6) is 11.5 Å². The third-order valence-electron chi connectivity index (χ3n) is 4.38. The number of benzene rings is 3. The van der Waals surface area contributed by atoms with E-state index in [0.29, 0.717) is 29.0 Å². The first-order chi connectivity index (χ1) is 13.3. The van der Waals surface area contributed by atoms with E-state index in [4.69, 9.17) is 32.7 Å². The van der Waals surface area contributed by atoms with Gasteiger partial charge in [-0.2, -0.15) is 0 Å². The van der Waals surface area contributed by atoms with Crippen molar-refractivity contribution in [2.75, 3.05) is 6.61 Å². The Morgan fingerprint density at radius 1 is 0.893 bits per heavy atom. The summed E-state index contributed by atoms with van der Waals surface area (Å²) in [6.45, 7) is 5.07. The SMILES string of the molecule is CC(C)(COCc1ccc(F)c(Oc2cccc(Cl)c2)c1)c1ccc(Cl)cc1. The maximum absolute atomic E-state index is 14.1. The van der Waals surface area contributed by atoms with Crippen LogP contribution in [0.3, 0.4) is 0 Å². The second-order valence-corrected chi connectivity index (χ2v) is 8.08. The Kier molecular flexibility index (Phi) is 6.61. The first-order valence-corrected chi connectivity index (χ1v) is 9.65. The maximum atomic E-state index is 14.1. The van der Waals surface area contributed by atoms with Crippen molar-refractivity contribution in [1.29, 1.82) is 0 Å². The molecular formula is C23H21Cl2FO2. The van der Waals surface area contributed by atoms with Gasteiger partial charge < -0.3 is 9.47 Å². The average molecular weight is 419 g/mol. The summed E-state index contributed by atoms with van der Waals surface area (Å²) in [6.07, 6.45) is 0. The van der Waals surface area contributed by atoms with Crippen LogP contribution < -0.4 is 4.74 Å². The van der Waals surface area contributed by atoms with E-state index < -0.39 is 5.82 Å². The maximum Gasteiger partial charge on any atom is 0.165 e. The van der Waals surface area contributed by atoms with Crippen molar-refractivity contribution < 1.29 is 13.9 Å². The molecule has 0 aliphatic heterocycles. The smallest absolute Gasteiger partial charge is 0.165 e. The largest absolute Gasteiger partial charge is 0.454 e. The number of halogens is 3. The van der Waals surface area contributed by atoms with E-state index in [9.17, 15) is 4.39 Å². The van der Waals surface area contributed by atoms with Gasteiger partial charge in [0.1, 0.15) is 5.75 Å². The van der Waals surface area contributed by atoms with Crippen molar-refractivity contribution in [3.05, 3.63) is 93.7 Å². The van der Waals surface area contributed by atoms with E-state index in [2.05, 4.69) is 13.8 Å². The Bertz CT molecular complexity index is 940. The van der Waals surface area contributed by atoms with Crippen LogP contribution in [0.25, 0.3) is 0 Å². The van der Waals surface area contributed by atoms with Gasteiger partial charge >= 0.3 is 0 Å². The standard InChI is InChI=1S/C23H21Cl2FO2/c1-23(2,17-7-9-18(24)10-8-17)15-27-14-16-6-11-21(26)22(12-16)28-20-5-3-4-19(25)13-20/h3-13H,14-15H2,1-2H3. The van der Waals surface area contributed by atoms with Crippen molar-refractivity contribution >= 4 is 23.2 Å². The van der Waals surface area contributed by atoms with Crippen LogP contribution in [0.4, 0.5) is 4.39 Å². The van der Waals surface area contributed by atoms with E-state index in [0.717, 1.165) is 11.1 Å². The molecule has 0 bridgehead atoms. The van der Waals surface area contributed by atoms with Gasteiger partial charge in [-0.05, 0) is 53.6 Å². The molecule has 0 aliphatic carbocycles. The van der Waals surface area contributed by atoms with Gasteiger partial charge in [0, 0.05) is 15.5 Å². The molecule has 0 fully saturated rings. The van der Waals surface area contributed by atoms with Gasteiger partial charge in [0.2, 0.25) is 0 Å². The Hall–Kier alpha value is -2.07. The van der Waals surface area contributed by atoms with Crippen molar-refractivity contribution in [2.24, 2.45) is 0 Å². The van der Waals surface area contributed by atoms with Gasteiger partial charge in [-0.1, -0.05) is 61.3 Å². The second kappa shape index (κ2) is 8.95. The highest BCUT2D eigenvalue weighted by atomic mass is 35.5. The normalized spacial score (nSPS) is 11.5. The lowest BCUT2D eigenvalue weighted by atomic mass is 9.86. The molecule has 0 radical (unpaired) electrons. The van der Waals surface area contributed by atoms with Gasteiger partial charge in [-0.3, -0.25) is 0 Å². The van der Waals surface area contributed by atoms with Crippen molar-refractivity contribution in [3.63, 3.8) is 0 Å². The van der Waals surface area contributed by atoms with Crippen LogP contribution >= 0.6 is 23.2 Å². The zero-order valence-electron chi connectivity index (χ0n) is 15.7. The van der Waals surface area contributed by atoms with Gasteiger partial charge in [0.25, 0.3) is 0 Å². The quantitative estimate of drug-likeness (QED) is 0.397. The molecule has 0 N–H and O–H groups in total. The van der Waals surface area contributed by atoms with Gasteiger partial charge in [-0.15, -0.1) is 0 Å². The third kappa shape index (κ3) is 5.48. The van der Waals surface area contributed by atoms with E-state index in [1.807, 2.05) is 24.3 Å². The van der Waals surface area contributed by atoms with E-state index in [1.54, 1.807) is 36.4 Å². The lowest BCUT2D eigenvalue weighted by Gasteiger charge is -2.25. The summed E-state index contributed by atoms with van der Waals surface area (Å²) in [5, 5.41) is 1.24. The summed E-state index contributed by atoms with van der Waals surface area (Å²) in [7, 11) is 0. The molecule has 0 spiro atoms. The molecule has 0 saturated heterocycles. The fourth-order valence-electron chi connectivity index (χ4n) is 2.78. The first-order valence-electron chi connectivity index (χ1n) is 8.89. The molecule has 0 aliphatic rings. The van der Waals surface area contributed by atoms with Crippen LogP contribution in [0.2, 0.25) is 10.0 Å². The molecule has 0 aromatic heterocycles. The zero-order valence-corrected chi connectivity index (χ0v) is 17.2. The second-order valence-electron chi connectivity index (χ2n) is 7.21. The molecule has 0 atom stereocenters. The Labute approximate surface area is 174 Å². The minimum absolute atomic E-state index is 0.139. The van der Waals surface area contributed by atoms with Gasteiger partial charge in [-0.25, -0.2) is 4.39 Å². The molecule has 3 aromatic rings. The first kappa shape index (κ1) is 20.7. The van der Waals surface area contributed by atoms with E-state index >= 15 is 0 Å². The molecular weight excluding hydrogens is 398 g/mol. The molecule has 0 unspecified atom stereocenters. The third-order valence-corrected chi connectivity index (χ3v) is 4.86. The summed E-state index contributed by atoms with van der Waals surface area (Å²) in [4.78, 5) is 0. The predicted octanol–water partition coefficient (Wildman–Crippen LogP) is 7.42. The highest BCUT2D eigenvalue weighted by molar-refractivity contribution is 6.30. The number of hydrogen-bond acceptors (Lipinski definition) is 2. The van der Waals surface area contributed by atoms with Crippen LogP contribution in [0.15, 0.2) is 66.7 Å². The molecule has 146 valence electrons. The topological polar surface area (TPSA) is 18.5 Å². The predicted molar refractivity (Wildman–Crippen MR) is 112 cm³/mol. The van der Waals surface area contributed by atoms with Crippen LogP contribution in [-0.4, -0.2) is 6.61 Å². The van der Waals surface area contributed by atoms with E-state index in [-0.39, 0.29) is 11.2 Å². The van der Waals surface area contributed by atoms with Crippen LogP contribution in [0, 0.1) is 5.82 Å². The lowest BCUT2D eigenvalue weighted by Crippen LogP contribution is -2.24. The fraction of sp³-hybridized carbons (Fsp3) is 0.217. The van der Waals surface area contributed by atoms with E-state index in [1.165, 1.54) is 6.07 Å². The highest BCUT2D eigenvalue weighted by Gasteiger charge is 2.21. The van der Waals surface area contributed by atoms with Crippen molar-refractivity contribution in [1.82, 2.24) is 0 Å². The molecule has 3 aromatic carbocycles. The molecule has 3 rings (SSSR count). The number of rotatable bonds is 7.